The van der Waals surface area contributed by atoms with Crippen LogP contribution < -0.4 is 15.0 Å². The van der Waals surface area contributed by atoms with E-state index >= 15 is 0 Å². The normalized spacial score (nSPS) is 15.6. The highest BCUT2D eigenvalue weighted by atomic mass is 16.5. The summed E-state index contributed by atoms with van der Waals surface area (Å²) >= 11 is 0. The molecule has 3 aromatic rings. The molecule has 1 fully saturated rings. The highest BCUT2D eigenvalue weighted by molar-refractivity contribution is 5.78. The van der Waals surface area contributed by atoms with Crippen LogP contribution in [-0.2, 0) is 11.3 Å². The second-order valence-electron chi connectivity index (χ2n) is 7.76. The number of ether oxygens (including phenoxy) is 2. The van der Waals surface area contributed by atoms with Crippen molar-refractivity contribution in [2.24, 2.45) is 0 Å². The number of hydrogen-bond acceptors (Lipinski definition) is 6. The van der Waals surface area contributed by atoms with Crippen molar-refractivity contribution in [2.45, 2.75) is 25.0 Å². The van der Waals surface area contributed by atoms with Gasteiger partial charge in [-0.3, -0.25) is 14.2 Å². The number of aromatic nitrogens is 2. The molecule has 1 N–H and O–H groups in total. The van der Waals surface area contributed by atoms with Gasteiger partial charge in [-0.05, 0) is 49.2 Å². The van der Waals surface area contributed by atoms with Crippen LogP contribution in [0.1, 0.15) is 12.8 Å². The highest BCUT2D eigenvalue weighted by Crippen LogP contribution is 2.24. The first-order valence-electron chi connectivity index (χ1n) is 10.2. The molecule has 4 rings (SSSR count). The lowest BCUT2D eigenvalue weighted by Crippen LogP contribution is -2.50. The van der Waals surface area contributed by atoms with Crippen LogP contribution in [0.5, 0.6) is 11.5 Å². The Morgan fingerprint density at radius 1 is 1.10 bits per heavy atom. The molecule has 0 radical (unpaired) electrons. The molecule has 1 aliphatic rings. The monoisotopic (exact) mass is 423 g/mol. The molecule has 0 saturated carbocycles. The van der Waals surface area contributed by atoms with Gasteiger partial charge in [-0.25, -0.2) is 4.98 Å². The predicted octanol–water partition coefficient (Wildman–Crippen LogP) is 1.84. The number of benzene rings is 2. The fraction of sp³-hybridized carbons (Fsp3) is 0.348. The number of rotatable bonds is 6. The molecule has 0 atom stereocenters. The maximum Gasteiger partial charge on any atom is 0.261 e. The number of para-hydroxylation sites is 1. The molecule has 1 amide bonds. The minimum Gasteiger partial charge on any atom is -0.497 e. The summed E-state index contributed by atoms with van der Waals surface area (Å²) in [7, 11) is 1.59. The van der Waals surface area contributed by atoms with Crippen LogP contribution in [0.15, 0.2) is 59.7 Å². The average molecular weight is 423 g/mol. The lowest BCUT2D eigenvalue weighted by atomic mass is 9.91. The van der Waals surface area contributed by atoms with Gasteiger partial charge in [0.15, 0.2) is 6.61 Å². The number of fused-ring (bicyclic) bond motifs is 1. The standard InChI is InChI=1S/C23H25N3O5/c1-30-17-6-8-18(9-7-17)31-14-21(27)25-12-10-23(29,11-13-25)15-26-16-24-20-5-3-2-4-19(20)22(26)28/h2-9,16,29H,10-15H2,1H3. The number of hydrogen-bond donors (Lipinski definition) is 1. The van der Waals surface area contributed by atoms with Crippen LogP contribution in [0.25, 0.3) is 10.9 Å². The first-order valence-corrected chi connectivity index (χ1v) is 10.2. The lowest BCUT2D eigenvalue weighted by Gasteiger charge is -2.38. The number of amides is 1. The van der Waals surface area contributed by atoms with Crippen molar-refractivity contribution >= 4 is 16.8 Å². The van der Waals surface area contributed by atoms with Crippen LogP contribution in [0, 0.1) is 0 Å². The topological polar surface area (TPSA) is 93.9 Å². The Hall–Kier alpha value is -3.39. The number of likely N-dealkylation sites (tertiary alicyclic amines) is 1. The van der Waals surface area contributed by atoms with Crippen molar-refractivity contribution in [3.05, 3.63) is 65.2 Å². The molecule has 0 aliphatic carbocycles. The Morgan fingerprint density at radius 3 is 2.48 bits per heavy atom. The van der Waals surface area contributed by atoms with Gasteiger partial charge in [0.25, 0.3) is 11.5 Å². The molecule has 1 aromatic heterocycles. The summed E-state index contributed by atoms with van der Waals surface area (Å²) in [6.07, 6.45) is 2.23. The number of carbonyl (C=O) groups is 1. The molecule has 0 bridgehead atoms. The van der Waals surface area contributed by atoms with E-state index in [-0.39, 0.29) is 24.6 Å². The van der Waals surface area contributed by atoms with E-state index in [0.717, 1.165) is 5.75 Å². The van der Waals surface area contributed by atoms with Gasteiger partial charge in [0.1, 0.15) is 11.5 Å². The van der Waals surface area contributed by atoms with E-state index < -0.39 is 5.60 Å². The summed E-state index contributed by atoms with van der Waals surface area (Å²) in [5.74, 6) is 1.17. The largest absolute Gasteiger partial charge is 0.497 e. The molecule has 31 heavy (non-hydrogen) atoms. The Balaban J connectivity index is 1.33. The van der Waals surface area contributed by atoms with Crippen molar-refractivity contribution in [2.75, 3.05) is 26.8 Å². The van der Waals surface area contributed by atoms with Gasteiger partial charge < -0.3 is 19.5 Å². The van der Waals surface area contributed by atoms with Gasteiger partial charge in [-0.1, -0.05) is 12.1 Å². The molecule has 8 nitrogen and oxygen atoms in total. The molecule has 2 aromatic carbocycles. The van der Waals surface area contributed by atoms with Crippen LogP contribution in [0.2, 0.25) is 0 Å². The summed E-state index contributed by atoms with van der Waals surface area (Å²) in [4.78, 5) is 31.2. The van der Waals surface area contributed by atoms with E-state index in [2.05, 4.69) is 4.98 Å². The first kappa shape index (κ1) is 20.9. The third-order valence-corrected chi connectivity index (χ3v) is 5.66. The van der Waals surface area contributed by atoms with E-state index in [1.165, 1.54) is 10.9 Å². The fourth-order valence-electron chi connectivity index (χ4n) is 3.77. The van der Waals surface area contributed by atoms with Crippen LogP contribution in [0.4, 0.5) is 0 Å². The van der Waals surface area contributed by atoms with Crippen molar-refractivity contribution < 1.29 is 19.4 Å². The molecule has 8 heteroatoms. The number of aliphatic hydroxyl groups is 1. The summed E-state index contributed by atoms with van der Waals surface area (Å²) in [6, 6.07) is 14.2. The second kappa shape index (κ2) is 8.77. The Kier molecular flexibility index (Phi) is 5.90. The van der Waals surface area contributed by atoms with Crippen LogP contribution in [0.3, 0.4) is 0 Å². The van der Waals surface area contributed by atoms with E-state index in [1.54, 1.807) is 54.5 Å². The van der Waals surface area contributed by atoms with Gasteiger partial charge in [0, 0.05) is 13.1 Å². The minimum absolute atomic E-state index is 0.0706. The van der Waals surface area contributed by atoms with Gasteiger partial charge in [0.05, 0.1) is 36.5 Å². The second-order valence-corrected chi connectivity index (χ2v) is 7.76. The third kappa shape index (κ3) is 4.69. The molecule has 0 unspecified atom stereocenters. The van der Waals surface area contributed by atoms with Crippen molar-refractivity contribution in [3.8, 4) is 11.5 Å². The number of nitrogens with zero attached hydrogens (tertiary/aromatic N) is 3. The maximum absolute atomic E-state index is 12.7. The van der Waals surface area contributed by atoms with Crippen molar-refractivity contribution in [3.63, 3.8) is 0 Å². The maximum atomic E-state index is 12.7. The molecule has 162 valence electrons. The van der Waals surface area contributed by atoms with E-state index in [1.807, 2.05) is 6.07 Å². The third-order valence-electron chi connectivity index (χ3n) is 5.66. The number of carbonyl (C=O) groups excluding carboxylic acids is 1. The van der Waals surface area contributed by atoms with Gasteiger partial charge in [-0.2, -0.15) is 0 Å². The molecule has 1 aliphatic heterocycles. The summed E-state index contributed by atoms with van der Waals surface area (Å²) < 4.78 is 12.1. The van der Waals surface area contributed by atoms with Gasteiger partial charge in [-0.15, -0.1) is 0 Å². The SMILES string of the molecule is COc1ccc(OCC(=O)N2CCC(O)(Cn3cnc4ccccc4c3=O)CC2)cc1. The van der Waals surface area contributed by atoms with E-state index in [4.69, 9.17) is 9.47 Å². The van der Waals surface area contributed by atoms with E-state index in [9.17, 15) is 14.7 Å². The number of piperidine rings is 1. The molecule has 2 heterocycles. The first-order chi connectivity index (χ1) is 15.0. The zero-order valence-electron chi connectivity index (χ0n) is 17.4. The minimum atomic E-state index is -1.07. The van der Waals surface area contributed by atoms with Crippen LogP contribution >= 0.6 is 0 Å². The highest BCUT2D eigenvalue weighted by Gasteiger charge is 2.34. The molecular formula is C23H25N3O5. The summed E-state index contributed by atoms with van der Waals surface area (Å²) in [5, 5.41) is 11.5. The number of methoxy groups -OCH3 is 1. The smallest absolute Gasteiger partial charge is 0.261 e. The molecule has 0 spiro atoms. The van der Waals surface area contributed by atoms with E-state index in [0.29, 0.717) is 42.6 Å². The average Bonchev–Trinajstić information content (AvgIpc) is 2.80. The van der Waals surface area contributed by atoms with Crippen molar-refractivity contribution in [1.82, 2.24) is 14.5 Å². The summed E-state index contributed by atoms with van der Waals surface area (Å²) in [6.45, 7) is 0.876. The Labute approximate surface area is 179 Å². The zero-order valence-corrected chi connectivity index (χ0v) is 17.4. The Morgan fingerprint density at radius 2 is 1.77 bits per heavy atom. The molecule has 1 saturated heterocycles. The zero-order chi connectivity index (χ0) is 21.8. The van der Waals surface area contributed by atoms with Gasteiger partial charge in [0.2, 0.25) is 0 Å². The predicted molar refractivity (Wildman–Crippen MR) is 115 cm³/mol. The molecular weight excluding hydrogens is 398 g/mol. The van der Waals surface area contributed by atoms with Crippen molar-refractivity contribution in [1.29, 1.82) is 0 Å². The Bertz CT molecular complexity index is 1120. The summed E-state index contributed by atoms with van der Waals surface area (Å²) in [5.41, 5.74) is -0.611. The lowest BCUT2D eigenvalue weighted by molar-refractivity contribution is -0.138. The quantitative estimate of drug-likeness (QED) is 0.650. The fourth-order valence-corrected chi connectivity index (χ4v) is 3.77. The van der Waals surface area contributed by atoms with Crippen LogP contribution in [-0.4, -0.2) is 57.9 Å². The van der Waals surface area contributed by atoms with Gasteiger partial charge >= 0.3 is 0 Å².